The number of ketones is 1. The summed E-state index contributed by atoms with van der Waals surface area (Å²) in [5, 5.41) is 23.2. The van der Waals surface area contributed by atoms with Gasteiger partial charge in [-0.1, -0.05) is 6.07 Å². The van der Waals surface area contributed by atoms with Crippen LogP contribution in [0.25, 0.3) is 0 Å². The summed E-state index contributed by atoms with van der Waals surface area (Å²) in [4.78, 5) is 29.1. The highest BCUT2D eigenvalue weighted by molar-refractivity contribution is 7.90. The summed E-state index contributed by atoms with van der Waals surface area (Å²) >= 11 is 0. The number of carbonyl (C=O) groups excluding carboxylic acids is 2. The molecule has 0 aromatic heterocycles. The third kappa shape index (κ3) is 3.12. The molecule has 2 aliphatic heterocycles. The number of piperidine rings is 1. The van der Waals surface area contributed by atoms with E-state index in [0.29, 0.717) is 30.9 Å². The zero-order chi connectivity index (χ0) is 26.6. The van der Waals surface area contributed by atoms with Crippen molar-refractivity contribution in [3.05, 3.63) is 53.3 Å². The Bertz CT molecular complexity index is 1490. The van der Waals surface area contributed by atoms with E-state index >= 15 is 0 Å². The van der Waals surface area contributed by atoms with Gasteiger partial charge in [0.25, 0.3) is 10.0 Å². The van der Waals surface area contributed by atoms with E-state index in [9.17, 15) is 32.6 Å². The molecule has 2 heterocycles. The number of Topliss-reactive ketones (excluding diaryl/α,β-unsaturated/α-hetero) is 1. The fraction of sp³-hybridized carbons (Fsp3) is 0.481. The highest BCUT2D eigenvalue weighted by Gasteiger charge is 2.75. The molecule has 200 valence electrons. The molecule has 11 heteroatoms. The average molecular weight is 543 g/mol. The lowest BCUT2D eigenvalue weighted by Gasteiger charge is -2.63. The molecule has 2 aromatic carbocycles. The molecule has 3 fully saturated rings. The minimum absolute atomic E-state index is 0.138. The van der Waals surface area contributed by atoms with Crippen LogP contribution < -0.4 is 9.46 Å². The maximum atomic E-state index is 13.8. The number of hydrogen-bond donors (Lipinski definition) is 3. The number of sulfonamides is 1. The zero-order valence-electron chi connectivity index (χ0n) is 20.4. The van der Waals surface area contributed by atoms with Crippen LogP contribution in [0.5, 0.6) is 11.5 Å². The van der Waals surface area contributed by atoms with Gasteiger partial charge in [-0.05, 0) is 80.5 Å². The van der Waals surface area contributed by atoms with Crippen LogP contribution >= 0.6 is 0 Å². The van der Waals surface area contributed by atoms with Gasteiger partial charge in [0.15, 0.2) is 23.4 Å². The molecule has 3 N–H and O–H groups in total. The van der Waals surface area contributed by atoms with Gasteiger partial charge in [-0.25, -0.2) is 17.5 Å². The molecule has 1 unspecified atom stereocenters. The second kappa shape index (κ2) is 7.77. The number of carbonyl (C=O) groups is 2. The molecular formula is C27H27FN2O7S. The van der Waals surface area contributed by atoms with Crippen LogP contribution in [0.4, 0.5) is 4.39 Å². The summed E-state index contributed by atoms with van der Waals surface area (Å²) in [7, 11) is -4.39. The summed E-state index contributed by atoms with van der Waals surface area (Å²) in [6.07, 6.45) is 1.61. The van der Waals surface area contributed by atoms with E-state index in [-0.39, 0.29) is 22.8 Å². The quantitative estimate of drug-likeness (QED) is 0.483. The van der Waals surface area contributed by atoms with Crippen molar-refractivity contribution in [1.82, 2.24) is 9.62 Å². The number of aromatic hydroxyl groups is 1. The summed E-state index contributed by atoms with van der Waals surface area (Å²) in [5.74, 6) is -3.25. The normalized spacial score (nSPS) is 33.4. The van der Waals surface area contributed by atoms with Crippen molar-refractivity contribution in [2.45, 2.75) is 60.2 Å². The number of nitrogens with one attached hydrogen (secondary N) is 1. The SMILES string of the molecule is O=C(NS(=O)(=O)c1ccc(F)cc1)C1C[C@@]2(O)[C@H]3Cc4ccc(O)c5c4[C@@]2(CCN3CC2CC2)[C@@H](O5)C1=O. The number of halogens is 1. The topological polar surface area (TPSA) is 133 Å². The molecule has 2 saturated carbocycles. The van der Waals surface area contributed by atoms with Gasteiger partial charge in [-0.15, -0.1) is 0 Å². The third-order valence-electron chi connectivity index (χ3n) is 9.31. The van der Waals surface area contributed by atoms with E-state index in [2.05, 4.69) is 4.90 Å². The highest BCUT2D eigenvalue weighted by atomic mass is 32.2. The van der Waals surface area contributed by atoms with Gasteiger partial charge >= 0.3 is 0 Å². The number of rotatable bonds is 5. The van der Waals surface area contributed by atoms with Crippen molar-refractivity contribution in [3.8, 4) is 11.5 Å². The minimum Gasteiger partial charge on any atom is -0.504 e. The molecule has 38 heavy (non-hydrogen) atoms. The first-order chi connectivity index (χ1) is 18.0. The first-order valence-corrected chi connectivity index (χ1v) is 14.4. The van der Waals surface area contributed by atoms with E-state index in [0.717, 1.165) is 49.2 Å². The molecule has 1 spiro atoms. The summed E-state index contributed by atoms with van der Waals surface area (Å²) < 4.78 is 47.1. The van der Waals surface area contributed by atoms with E-state index in [1.165, 1.54) is 6.07 Å². The Morgan fingerprint density at radius 1 is 1.18 bits per heavy atom. The van der Waals surface area contributed by atoms with E-state index in [1.807, 2.05) is 10.8 Å². The number of ether oxygens (including phenoxy) is 1. The lowest BCUT2D eigenvalue weighted by molar-refractivity contribution is -0.198. The minimum atomic E-state index is -4.39. The maximum absolute atomic E-state index is 13.8. The Morgan fingerprint density at radius 2 is 1.92 bits per heavy atom. The predicted octanol–water partition coefficient (Wildman–Crippen LogP) is 1.40. The number of aliphatic hydroxyl groups is 1. The average Bonchev–Trinajstić information content (AvgIpc) is 3.61. The molecule has 7 rings (SSSR count). The molecule has 5 aliphatic rings. The zero-order valence-corrected chi connectivity index (χ0v) is 21.2. The van der Waals surface area contributed by atoms with Crippen molar-refractivity contribution >= 4 is 21.7 Å². The van der Waals surface area contributed by atoms with Crippen LogP contribution in [-0.4, -0.2) is 66.1 Å². The van der Waals surface area contributed by atoms with Gasteiger partial charge in [0.05, 0.1) is 15.9 Å². The third-order valence-corrected chi connectivity index (χ3v) is 10.7. The standard InChI is InChI=1S/C27H27FN2O7S/c28-16-4-6-17(7-5-16)38(35,36)29-25(33)18-12-27(34)20-11-15-3-8-19(31)23-21(15)26(27,24(37-23)22(18)32)9-10-30(20)13-14-1-2-14/h3-8,14,18,20,24,31,34H,1-2,9-13H2,(H,29,33)/t18?,20-,24+,26+,27-/m1/s1. The number of nitrogens with zero attached hydrogens (tertiary/aromatic N) is 1. The predicted molar refractivity (Wildman–Crippen MR) is 130 cm³/mol. The summed E-state index contributed by atoms with van der Waals surface area (Å²) in [6.45, 7) is 1.44. The Balaban J connectivity index is 1.29. The maximum Gasteiger partial charge on any atom is 0.264 e. The van der Waals surface area contributed by atoms with Crippen LogP contribution in [0.2, 0.25) is 0 Å². The van der Waals surface area contributed by atoms with Gasteiger partial charge in [-0.2, -0.15) is 0 Å². The Labute approximate surface area is 218 Å². The first kappa shape index (κ1) is 24.1. The van der Waals surface area contributed by atoms with Crippen molar-refractivity contribution < 1.29 is 37.3 Å². The smallest absolute Gasteiger partial charge is 0.264 e. The van der Waals surface area contributed by atoms with Crippen LogP contribution in [0.15, 0.2) is 41.3 Å². The molecule has 0 radical (unpaired) electrons. The molecule has 9 nitrogen and oxygen atoms in total. The molecule has 2 aromatic rings. The fourth-order valence-electron chi connectivity index (χ4n) is 7.40. The van der Waals surface area contributed by atoms with Gasteiger partial charge in [0.2, 0.25) is 5.91 Å². The van der Waals surface area contributed by atoms with E-state index < -0.39 is 56.6 Å². The van der Waals surface area contributed by atoms with Gasteiger partial charge in [-0.3, -0.25) is 14.5 Å². The van der Waals surface area contributed by atoms with Crippen molar-refractivity contribution in [2.75, 3.05) is 13.1 Å². The number of benzene rings is 2. The van der Waals surface area contributed by atoms with E-state index in [4.69, 9.17) is 4.74 Å². The Morgan fingerprint density at radius 3 is 2.63 bits per heavy atom. The molecule has 5 atom stereocenters. The van der Waals surface area contributed by atoms with Crippen molar-refractivity contribution in [3.63, 3.8) is 0 Å². The van der Waals surface area contributed by atoms with Crippen LogP contribution in [0.3, 0.4) is 0 Å². The largest absolute Gasteiger partial charge is 0.504 e. The van der Waals surface area contributed by atoms with Crippen LogP contribution in [0.1, 0.15) is 36.8 Å². The lowest BCUT2D eigenvalue weighted by Crippen LogP contribution is -2.78. The van der Waals surface area contributed by atoms with Crippen LogP contribution in [-0.2, 0) is 31.4 Å². The van der Waals surface area contributed by atoms with Gasteiger partial charge in [0, 0.05) is 18.2 Å². The van der Waals surface area contributed by atoms with Gasteiger partial charge < -0.3 is 14.9 Å². The highest BCUT2D eigenvalue weighted by Crippen LogP contribution is 2.65. The first-order valence-electron chi connectivity index (χ1n) is 12.9. The van der Waals surface area contributed by atoms with Crippen molar-refractivity contribution in [2.24, 2.45) is 11.8 Å². The lowest BCUT2D eigenvalue weighted by atomic mass is 9.47. The second-order valence-corrected chi connectivity index (χ2v) is 13.0. The second-order valence-electron chi connectivity index (χ2n) is 11.3. The monoisotopic (exact) mass is 542 g/mol. The summed E-state index contributed by atoms with van der Waals surface area (Å²) in [6, 6.07) is 6.91. The molecular weight excluding hydrogens is 515 g/mol. The van der Waals surface area contributed by atoms with Crippen molar-refractivity contribution in [1.29, 1.82) is 0 Å². The Hall–Kier alpha value is -3.02. The Kier molecular flexibility index (Phi) is 4.92. The molecule has 1 saturated heterocycles. The molecule has 2 bridgehead atoms. The number of phenolic OH excluding ortho intramolecular Hbond substituents is 1. The van der Waals surface area contributed by atoms with E-state index in [1.54, 1.807) is 0 Å². The fourth-order valence-corrected chi connectivity index (χ4v) is 8.42. The molecule has 1 amide bonds. The number of amides is 1. The molecule has 3 aliphatic carbocycles. The number of likely N-dealkylation sites (tertiary alicyclic amines) is 1. The van der Waals surface area contributed by atoms with Gasteiger partial charge in [0.1, 0.15) is 11.7 Å². The summed E-state index contributed by atoms with van der Waals surface area (Å²) in [5.41, 5.74) is -1.15. The van der Waals surface area contributed by atoms with Crippen LogP contribution in [0, 0.1) is 17.7 Å². The number of hydrogen-bond acceptors (Lipinski definition) is 8. The number of phenols is 1.